The van der Waals surface area contributed by atoms with Gasteiger partial charge in [-0.15, -0.1) is 0 Å². The average molecular weight is 311 g/mol. The van der Waals surface area contributed by atoms with Crippen molar-refractivity contribution in [3.63, 3.8) is 0 Å². The number of ether oxygens (including phenoxy) is 2. The normalized spacial score (nSPS) is 12.2. The van der Waals surface area contributed by atoms with Crippen molar-refractivity contribution in [2.45, 2.75) is 6.10 Å². The molecule has 2 rings (SSSR count). The van der Waals surface area contributed by atoms with Crippen molar-refractivity contribution in [1.29, 1.82) is 0 Å². The second-order valence-electron chi connectivity index (χ2n) is 4.45. The van der Waals surface area contributed by atoms with Gasteiger partial charge in [0.25, 0.3) is 0 Å². The molecule has 0 saturated heterocycles. The number of rotatable bonds is 6. The monoisotopic (exact) mass is 310 g/mol. The molecule has 0 aliphatic heterocycles. The third-order valence-electron chi connectivity index (χ3n) is 3.02. The van der Waals surface area contributed by atoms with Crippen LogP contribution in [0.2, 0.25) is 5.02 Å². The molecule has 0 heterocycles. The average Bonchev–Trinajstić information content (AvgIpc) is 2.47. The van der Waals surface area contributed by atoms with Crippen molar-refractivity contribution in [3.05, 3.63) is 64.4 Å². The summed E-state index contributed by atoms with van der Waals surface area (Å²) >= 11 is 5.72. The predicted octanol–water partition coefficient (Wildman–Crippen LogP) is 3.59. The van der Waals surface area contributed by atoms with E-state index in [1.54, 1.807) is 31.4 Å². The summed E-state index contributed by atoms with van der Waals surface area (Å²) in [6.45, 7) is 0.781. The molecule has 3 nitrogen and oxygen atoms in total. The molecule has 0 spiro atoms. The Labute approximate surface area is 127 Å². The Morgan fingerprint density at radius 2 is 1.90 bits per heavy atom. The first-order chi connectivity index (χ1) is 10.1. The minimum Gasteiger partial charge on any atom is -0.491 e. The minimum atomic E-state index is -1.12. The number of para-hydroxylation sites is 1. The van der Waals surface area contributed by atoms with Gasteiger partial charge in [-0.05, 0) is 18.2 Å². The summed E-state index contributed by atoms with van der Waals surface area (Å²) in [6, 6.07) is 11.1. The molecule has 1 atom stereocenters. The maximum Gasteiger partial charge on any atom is 0.130 e. The van der Waals surface area contributed by atoms with Gasteiger partial charge in [0.15, 0.2) is 0 Å². The molecule has 1 unspecified atom stereocenters. The number of aliphatic hydroxyl groups is 1. The second-order valence-corrected chi connectivity index (χ2v) is 4.88. The molecule has 0 aliphatic rings. The number of benzene rings is 2. The van der Waals surface area contributed by atoms with Gasteiger partial charge < -0.3 is 14.6 Å². The molecule has 0 amide bonds. The van der Waals surface area contributed by atoms with Crippen molar-refractivity contribution in [1.82, 2.24) is 0 Å². The Bertz CT molecular complexity index is 604. The number of hydrogen-bond donors (Lipinski definition) is 1. The third-order valence-corrected chi connectivity index (χ3v) is 3.25. The van der Waals surface area contributed by atoms with E-state index >= 15 is 0 Å². The van der Waals surface area contributed by atoms with Gasteiger partial charge in [-0.3, -0.25) is 0 Å². The van der Waals surface area contributed by atoms with Crippen LogP contribution in [0.15, 0.2) is 42.5 Å². The molecule has 21 heavy (non-hydrogen) atoms. The van der Waals surface area contributed by atoms with Crippen LogP contribution in [-0.4, -0.2) is 25.4 Å². The van der Waals surface area contributed by atoms with Crippen LogP contribution in [-0.2, 0) is 4.74 Å². The molecule has 0 fully saturated rings. The predicted molar refractivity (Wildman–Crippen MR) is 79.3 cm³/mol. The number of halogens is 2. The quantitative estimate of drug-likeness (QED) is 0.829. The molecule has 0 aliphatic carbocycles. The van der Waals surface area contributed by atoms with E-state index in [0.717, 1.165) is 0 Å². The van der Waals surface area contributed by atoms with Crippen LogP contribution in [0.5, 0.6) is 5.75 Å². The SMILES string of the molecule is COCCOc1ccccc1C(O)c1ccc(Cl)cc1F. The maximum atomic E-state index is 13.9. The van der Waals surface area contributed by atoms with Crippen LogP contribution in [0, 0.1) is 5.82 Å². The van der Waals surface area contributed by atoms with E-state index in [-0.39, 0.29) is 10.6 Å². The van der Waals surface area contributed by atoms with E-state index < -0.39 is 11.9 Å². The van der Waals surface area contributed by atoms with Crippen LogP contribution < -0.4 is 4.74 Å². The first kappa shape index (κ1) is 15.8. The van der Waals surface area contributed by atoms with E-state index in [9.17, 15) is 9.50 Å². The van der Waals surface area contributed by atoms with E-state index in [1.165, 1.54) is 18.2 Å². The molecule has 0 bridgehead atoms. The summed E-state index contributed by atoms with van der Waals surface area (Å²) in [6.07, 6.45) is -1.12. The summed E-state index contributed by atoms with van der Waals surface area (Å²) in [5.74, 6) is -0.0573. The molecular formula is C16H16ClFO3. The Kier molecular flexibility index (Phi) is 5.56. The number of methoxy groups -OCH3 is 1. The van der Waals surface area contributed by atoms with Gasteiger partial charge in [-0.2, -0.15) is 0 Å². The highest BCUT2D eigenvalue weighted by Gasteiger charge is 2.19. The molecular weight excluding hydrogens is 295 g/mol. The Morgan fingerprint density at radius 3 is 2.62 bits per heavy atom. The van der Waals surface area contributed by atoms with Crippen molar-refractivity contribution in [3.8, 4) is 5.75 Å². The summed E-state index contributed by atoms with van der Waals surface area (Å²) in [5.41, 5.74) is 0.650. The van der Waals surface area contributed by atoms with Gasteiger partial charge in [0, 0.05) is 23.3 Å². The van der Waals surface area contributed by atoms with Crippen LogP contribution in [0.1, 0.15) is 17.2 Å². The van der Waals surface area contributed by atoms with E-state index in [4.69, 9.17) is 21.1 Å². The molecule has 0 aromatic heterocycles. The van der Waals surface area contributed by atoms with Crippen LogP contribution in [0.3, 0.4) is 0 Å². The molecule has 0 radical (unpaired) electrons. The fourth-order valence-corrected chi connectivity index (χ4v) is 2.12. The fraction of sp³-hybridized carbons (Fsp3) is 0.250. The molecule has 1 N–H and O–H groups in total. The zero-order valence-electron chi connectivity index (χ0n) is 11.6. The molecule has 2 aromatic rings. The zero-order valence-corrected chi connectivity index (χ0v) is 12.3. The van der Waals surface area contributed by atoms with Crippen LogP contribution >= 0.6 is 11.6 Å². The summed E-state index contributed by atoms with van der Waals surface area (Å²) < 4.78 is 24.4. The molecule has 2 aromatic carbocycles. The van der Waals surface area contributed by atoms with Gasteiger partial charge in [0.05, 0.1) is 6.61 Å². The third kappa shape index (κ3) is 3.94. The smallest absolute Gasteiger partial charge is 0.130 e. The molecule has 112 valence electrons. The highest BCUT2D eigenvalue weighted by atomic mass is 35.5. The molecule has 0 saturated carbocycles. The fourth-order valence-electron chi connectivity index (χ4n) is 1.96. The second kappa shape index (κ2) is 7.41. The van der Waals surface area contributed by atoms with Gasteiger partial charge >= 0.3 is 0 Å². The van der Waals surface area contributed by atoms with Gasteiger partial charge in [0.2, 0.25) is 0 Å². The standard InChI is InChI=1S/C16H16ClFO3/c1-20-8-9-21-15-5-3-2-4-13(15)16(19)12-7-6-11(17)10-14(12)18/h2-7,10,16,19H,8-9H2,1H3. The first-order valence-corrected chi connectivity index (χ1v) is 6.85. The van der Waals surface area contributed by atoms with E-state index in [1.807, 2.05) is 0 Å². The Morgan fingerprint density at radius 1 is 1.14 bits per heavy atom. The number of hydrogen-bond acceptors (Lipinski definition) is 3. The Balaban J connectivity index is 2.27. The van der Waals surface area contributed by atoms with Crippen molar-refractivity contribution >= 4 is 11.6 Å². The number of aliphatic hydroxyl groups excluding tert-OH is 1. The highest BCUT2D eigenvalue weighted by Crippen LogP contribution is 2.32. The lowest BCUT2D eigenvalue weighted by molar-refractivity contribution is 0.142. The lowest BCUT2D eigenvalue weighted by atomic mass is 10.0. The lowest BCUT2D eigenvalue weighted by Gasteiger charge is -2.17. The zero-order chi connectivity index (χ0) is 15.2. The topological polar surface area (TPSA) is 38.7 Å². The van der Waals surface area contributed by atoms with E-state index in [0.29, 0.717) is 24.5 Å². The van der Waals surface area contributed by atoms with Crippen molar-refractivity contribution in [2.75, 3.05) is 20.3 Å². The van der Waals surface area contributed by atoms with Crippen molar-refractivity contribution in [2.24, 2.45) is 0 Å². The first-order valence-electron chi connectivity index (χ1n) is 6.47. The van der Waals surface area contributed by atoms with Crippen LogP contribution in [0.4, 0.5) is 4.39 Å². The summed E-state index contributed by atoms with van der Waals surface area (Å²) in [7, 11) is 1.58. The van der Waals surface area contributed by atoms with Gasteiger partial charge in [0.1, 0.15) is 24.3 Å². The minimum absolute atomic E-state index is 0.155. The largest absolute Gasteiger partial charge is 0.491 e. The van der Waals surface area contributed by atoms with E-state index in [2.05, 4.69) is 0 Å². The highest BCUT2D eigenvalue weighted by molar-refractivity contribution is 6.30. The summed E-state index contributed by atoms with van der Waals surface area (Å²) in [5, 5.41) is 10.7. The lowest BCUT2D eigenvalue weighted by Crippen LogP contribution is -2.09. The Hall–Kier alpha value is -1.62. The van der Waals surface area contributed by atoms with Crippen LogP contribution in [0.25, 0.3) is 0 Å². The van der Waals surface area contributed by atoms with Crippen molar-refractivity contribution < 1.29 is 19.0 Å². The molecule has 5 heteroatoms. The van der Waals surface area contributed by atoms with Gasteiger partial charge in [-0.25, -0.2) is 4.39 Å². The van der Waals surface area contributed by atoms with Gasteiger partial charge in [-0.1, -0.05) is 35.9 Å². The summed E-state index contributed by atoms with van der Waals surface area (Å²) in [4.78, 5) is 0. The maximum absolute atomic E-state index is 13.9.